The van der Waals surface area contributed by atoms with Crippen LogP contribution >= 0.6 is 0 Å². The predicted octanol–water partition coefficient (Wildman–Crippen LogP) is 2.09. The third kappa shape index (κ3) is 6.33. The summed E-state index contributed by atoms with van der Waals surface area (Å²) in [6.07, 6.45) is 3.72. The molecule has 122 valence electrons. The molecule has 0 aromatic carbocycles. The zero-order valence-electron chi connectivity index (χ0n) is 13.4. The first-order valence-electron chi connectivity index (χ1n) is 7.73. The minimum Gasteiger partial charge on any atom is -0.479 e. The van der Waals surface area contributed by atoms with Crippen molar-refractivity contribution in [3.63, 3.8) is 0 Å². The molecule has 1 heterocycles. The number of rotatable bonds is 7. The molecule has 1 atom stereocenters. The molecular weight excluding hydrogens is 272 g/mol. The van der Waals surface area contributed by atoms with Crippen LogP contribution in [0.15, 0.2) is 0 Å². The van der Waals surface area contributed by atoms with Crippen LogP contribution in [0.4, 0.5) is 4.79 Å². The number of nitrogens with zero attached hydrogens (tertiary/aromatic N) is 1. The number of unbranched alkanes of at least 4 members (excludes halogenated alkanes) is 2. The van der Waals surface area contributed by atoms with Crippen LogP contribution in [-0.4, -0.2) is 54.4 Å². The van der Waals surface area contributed by atoms with E-state index in [1.807, 2.05) is 0 Å². The second-order valence-corrected chi connectivity index (χ2v) is 6.42. The van der Waals surface area contributed by atoms with Crippen molar-refractivity contribution in [2.75, 3.05) is 26.2 Å². The number of carbonyl (C=O) groups is 2. The number of urea groups is 1. The lowest BCUT2D eigenvalue weighted by atomic mass is 9.87. The van der Waals surface area contributed by atoms with E-state index in [0.717, 1.165) is 12.8 Å². The second kappa shape index (κ2) is 8.22. The summed E-state index contributed by atoms with van der Waals surface area (Å²) in [6.45, 7) is 7.87. The lowest BCUT2D eigenvalue weighted by Crippen LogP contribution is -2.52. The molecule has 1 aliphatic heterocycles. The first-order chi connectivity index (χ1) is 9.85. The summed E-state index contributed by atoms with van der Waals surface area (Å²) in [5.74, 6) is -1.02. The molecule has 1 unspecified atom stereocenters. The normalized spacial score (nSPS) is 19.4. The summed E-state index contributed by atoms with van der Waals surface area (Å²) in [5, 5.41) is 11.9. The maximum atomic E-state index is 12.1. The van der Waals surface area contributed by atoms with Crippen molar-refractivity contribution < 1.29 is 19.4 Å². The molecule has 0 aromatic rings. The highest BCUT2D eigenvalue weighted by Gasteiger charge is 2.29. The van der Waals surface area contributed by atoms with Gasteiger partial charge in [0.1, 0.15) is 0 Å². The molecule has 1 fully saturated rings. The molecule has 6 nitrogen and oxygen atoms in total. The summed E-state index contributed by atoms with van der Waals surface area (Å²) in [6, 6.07) is -0.201. The van der Waals surface area contributed by atoms with Crippen molar-refractivity contribution in [3.05, 3.63) is 0 Å². The zero-order chi connectivity index (χ0) is 15.9. The van der Waals surface area contributed by atoms with E-state index in [2.05, 4.69) is 26.1 Å². The smallest absolute Gasteiger partial charge is 0.334 e. The summed E-state index contributed by atoms with van der Waals surface area (Å²) in [4.78, 5) is 24.5. The van der Waals surface area contributed by atoms with Crippen LogP contribution in [0.25, 0.3) is 0 Å². The molecule has 1 aliphatic rings. The lowest BCUT2D eigenvalue weighted by Gasteiger charge is -2.32. The van der Waals surface area contributed by atoms with Crippen molar-refractivity contribution in [1.82, 2.24) is 10.2 Å². The maximum Gasteiger partial charge on any atom is 0.334 e. The van der Waals surface area contributed by atoms with Gasteiger partial charge in [0.25, 0.3) is 0 Å². The largest absolute Gasteiger partial charge is 0.479 e. The molecule has 1 rings (SSSR count). The number of carboxylic acids is 1. The average molecular weight is 300 g/mol. The zero-order valence-corrected chi connectivity index (χ0v) is 13.4. The number of hydrogen-bond donors (Lipinski definition) is 2. The van der Waals surface area contributed by atoms with Gasteiger partial charge in [-0.25, -0.2) is 9.59 Å². The maximum absolute atomic E-state index is 12.1. The predicted molar refractivity (Wildman–Crippen MR) is 80.3 cm³/mol. The van der Waals surface area contributed by atoms with Crippen LogP contribution in [0.5, 0.6) is 0 Å². The number of carboxylic acid groups (broad SMARTS) is 1. The van der Waals surface area contributed by atoms with E-state index in [4.69, 9.17) is 9.84 Å². The van der Waals surface area contributed by atoms with Gasteiger partial charge in [0.05, 0.1) is 13.2 Å². The number of amides is 2. The fraction of sp³-hybridized carbons (Fsp3) is 0.867. The van der Waals surface area contributed by atoms with Gasteiger partial charge < -0.3 is 20.1 Å². The molecule has 1 saturated heterocycles. The highest BCUT2D eigenvalue weighted by atomic mass is 16.5. The molecule has 0 aliphatic carbocycles. The van der Waals surface area contributed by atoms with Crippen LogP contribution in [0.2, 0.25) is 0 Å². The highest BCUT2D eigenvalue weighted by molar-refractivity contribution is 5.77. The number of nitrogens with one attached hydrogen (secondary N) is 1. The van der Waals surface area contributed by atoms with Crippen molar-refractivity contribution in [1.29, 1.82) is 0 Å². The first-order valence-corrected chi connectivity index (χ1v) is 7.73. The Morgan fingerprint density at radius 1 is 1.38 bits per heavy atom. The van der Waals surface area contributed by atoms with Gasteiger partial charge in [0, 0.05) is 13.1 Å². The van der Waals surface area contributed by atoms with Crippen molar-refractivity contribution in [3.8, 4) is 0 Å². The fourth-order valence-corrected chi connectivity index (χ4v) is 2.35. The molecule has 2 N–H and O–H groups in total. The van der Waals surface area contributed by atoms with Crippen LogP contribution in [0, 0.1) is 5.41 Å². The van der Waals surface area contributed by atoms with Crippen molar-refractivity contribution >= 4 is 12.0 Å². The number of carbonyl (C=O) groups excluding carboxylic acids is 1. The van der Waals surface area contributed by atoms with Crippen LogP contribution in [0.3, 0.4) is 0 Å². The summed E-state index contributed by atoms with van der Waals surface area (Å²) in [7, 11) is 0. The minimum atomic E-state index is -1.02. The number of morpholine rings is 1. The Balaban J connectivity index is 2.37. The Labute approximate surface area is 126 Å². The van der Waals surface area contributed by atoms with E-state index >= 15 is 0 Å². The van der Waals surface area contributed by atoms with Gasteiger partial charge in [-0.3, -0.25) is 0 Å². The second-order valence-electron chi connectivity index (χ2n) is 6.42. The minimum absolute atomic E-state index is 0.0588. The molecule has 21 heavy (non-hydrogen) atoms. The quantitative estimate of drug-likeness (QED) is 0.706. The summed E-state index contributed by atoms with van der Waals surface area (Å²) < 4.78 is 5.11. The number of ether oxygens (including phenoxy) is 1. The summed E-state index contributed by atoms with van der Waals surface area (Å²) in [5.41, 5.74) is 0.0588. The first kappa shape index (κ1) is 17.8. The van der Waals surface area contributed by atoms with E-state index in [0.29, 0.717) is 13.1 Å². The fourth-order valence-electron chi connectivity index (χ4n) is 2.35. The van der Waals surface area contributed by atoms with Gasteiger partial charge >= 0.3 is 12.0 Å². The van der Waals surface area contributed by atoms with E-state index in [-0.39, 0.29) is 24.6 Å². The van der Waals surface area contributed by atoms with Gasteiger partial charge in [-0.1, -0.05) is 40.0 Å². The molecule has 0 radical (unpaired) electrons. The Hall–Kier alpha value is -1.30. The standard InChI is InChI=1S/C15H28N2O4/c1-4-5-6-7-15(2,3)11-16-14(20)17-8-9-21-12(10-17)13(18)19/h12H,4-11H2,1-3H3,(H,16,20)(H,18,19). The number of hydrogen-bond acceptors (Lipinski definition) is 3. The molecule has 6 heteroatoms. The summed E-state index contributed by atoms with van der Waals surface area (Å²) >= 11 is 0. The van der Waals surface area contributed by atoms with Crippen molar-refractivity contribution in [2.45, 2.75) is 52.6 Å². The molecule has 0 spiro atoms. The topological polar surface area (TPSA) is 78.9 Å². The third-order valence-electron chi connectivity index (χ3n) is 3.80. The van der Waals surface area contributed by atoms with Crippen LogP contribution in [0.1, 0.15) is 46.5 Å². The molecule has 0 aromatic heterocycles. The third-order valence-corrected chi connectivity index (χ3v) is 3.80. The van der Waals surface area contributed by atoms with E-state index in [1.165, 1.54) is 17.7 Å². The Morgan fingerprint density at radius 2 is 2.10 bits per heavy atom. The Morgan fingerprint density at radius 3 is 2.71 bits per heavy atom. The Kier molecular flexibility index (Phi) is 6.95. The van der Waals surface area contributed by atoms with Gasteiger partial charge in [-0.05, 0) is 11.8 Å². The average Bonchev–Trinajstić information content (AvgIpc) is 2.45. The van der Waals surface area contributed by atoms with Gasteiger partial charge in [0.2, 0.25) is 0 Å². The Bertz CT molecular complexity index is 358. The molecule has 0 bridgehead atoms. The van der Waals surface area contributed by atoms with Gasteiger partial charge in [-0.2, -0.15) is 0 Å². The SMILES string of the molecule is CCCCCC(C)(C)CNC(=O)N1CCOC(C(=O)O)C1. The molecule has 2 amide bonds. The van der Waals surface area contributed by atoms with Gasteiger partial charge in [-0.15, -0.1) is 0 Å². The van der Waals surface area contributed by atoms with Crippen LogP contribution in [-0.2, 0) is 9.53 Å². The molecular formula is C15H28N2O4. The molecule has 0 saturated carbocycles. The lowest BCUT2D eigenvalue weighted by molar-refractivity contribution is -0.154. The van der Waals surface area contributed by atoms with Crippen molar-refractivity contribution in [2.24, 2.45) is 5.41 Å². The monoisotopic (exact) mass is 300 g/mol. The van der Waals surface area contributed by atoms with Gasteiger partial charge in [0.15, 0.2) is 6.10 Å². The van der Waals surface area contributed by atoms with E-state index in [1.54, 1.807) is 0 Å². The van der Waals surface area contributed by atoms with Crippen LogP contribution < -0.4 is 5.32 Å². The number of aliphatic carboxylic acids is 1. The highest BCUT2D eigenvalue weighted by Crippen LogP contribution is 2.22. The van der Waals surface area contributed by atoms with E-state index in [9.17, 15) is 9.59 Å². The van der Waals surface area contributed by atoms with E-state index < -0.39 is 12.1 Å².